The van der Waals surface area contributed by atoms with Crippen molar-refractivity contribution in [3.63, 3.8) is 0 Å². The lowest BCUT2D eigenvalue weighted by atomic mass is 9.90. The molecule has 21 heavy (non-hydrogen) atoms. The molecule has 0 aromatic rings. The molecule has 1 N–H and O–H groups in total. The van der Waals surface area contributed by atoms with E-state index in [1.54, 1.807) is 0 Å². The Kier molecular flexibility index (Phi) is 7.79. The van der Waals surface area contributed by atoms with Gasteiger partial charge in [-0.05, 0) is 46.5 Å². The first-order valence-electron chi connectivity index (χ1n) is 8.13. The number of amides is 1. The summed E-state index contributed by atoms with van der Waals surface area (Å²) in [4.78, 5) is 11.8. The number of ether oxygens (including phenoxy) is 2. The molecule has 122 valence electrons. The SMILES string of the molecule is C/C=C\CC(NC(=O)OC(C)(C)C)OCC1CCCCC1. The summed E-state index contributed by atoms with van der Waals surface area (Å²) < 4.78 is 11.2. The maximum absolute atomic E-state index is 11.8. The lowest BCUT2D eigenvalue weighted by molar-refractivity contribution is -0.00956. The highest BCUT2D eigenvalue weighted by atomic mass is 16.6. The normalized spacial score (nSPS) is 18.7. The Balaban J connectivity index is 2.40. The van der Waals surface area contributed by atoms with E-state index in [2.05, 4.69) is 5.32 Å². The van der Waals surface area contributed by atoms with Crippen molar-refractivity contribution >= 4 is 6.09 Å². The Morgan fingerprint density at radius 2 is 1.95 bits per heavy atom. The van der Waals surface area contributed by atoms with E-state index >= 15 is 0 Å². The Hall–Kier alpha value is -1.03. The topological polar surface area (TPSA) is 47.6 Å². The number of carbonyl (C=O) groups excluding carboxylic acids is 1. The molecule has 1 fully saturated rings. The third kappa shape index (κ3) is 8.76. The summed E-state index contributed by atoms with van der Waals surface area (Å²) in [5.74, 6) is 0.632. The highest BCUT2D eigenvalue weighted by Gasteiger charge is 2.21. The number of alkyl carbamates (subject to hydrolysis) is 1. The van der Waals surface area contributed by atoms with Crippen LogP contribution < -0.4 is 5.32 Å². The molecule has 1 amide bonds. The van der Waals surface area contributed by atoms with Crippen LogP contribution in [0, 0.1) is 5.92 Å². The molecule has 4 nitrogen and oxygen atoms in total. The van der Waals surface area contributed by atoms with E-state index in [1.807, 2.05) is 39.8 Å². The number of carbonyl (C=O) groups is 1. The molecule has 1 unspecified atom stereocenters. The van der Waals surface area contributed by atoms with Crippen molar-refractivity contribution in [3.05, 3.63) is 12.2 Å². The molecular weight excluding hydrogens is 266 g/mol. The quantitative estimate of drug-likeness (QED) is 0.584. The van der Waals surface area contributed by atoms with Crippen LogP contribution in [0.3, 0.4) is 0 Å². The van der Waals surface area contributed by atoms with Crippen molar-refractivity contribution in [1.29, 1.82) is 0 Å². The summed E-state index contributed by atoms with van der Waals surface area (Å²) in [6.45, 7) is 8.26. The molecule has 1 aliphatic carbocycles. The smallest absolute Gasteiger partial charge is 0.409 e. The number of rotatable bonds is 6. The van der Waals surface area contributed by atoms with Gasteiger partial charge in [0, 0.05) is 6.42 Å². The van der Waals surface area contributed by atoms with Gasteiger partial charge in [-0.2, -0.15) is 0 Å². The van der Waals surface area contributed by atoms with E-state index in [9.17, 15) is 4.79 Å². The molecule has 4 heteroatoms. The predicted octanol–water partition coefficient (Wildman–Crippen LogP) is 4.40. The summed E-state index contributed by atoms with van der Waals surface area (Å²) >= 11 is 0. The molecule has 1 rings (SSSR count). The molecule has 0 saturated heterocycles. The van der Waals surface area contributed by atoms with Crippen LogP contribution in [-0.2, 0) is 9.47 Å². The molecule has 0 radical (unpaired) electrons. The van der Waals surface area contributed by atoms with Gasteiger partial charge in [-0.15, -0.1) is 0 Å². The minimum atomic E-state index is -0.488. The van der Waals surface area contributed by atoms with E-state index in [1.165, 1.54) is 32.1 Å². The lowest BCUT2D eigenvalue weighted by Gasteiger charge is -2.26. The summed E-state index contributed by atoms with van der Waals surface area (Å²) in [6, 6.07) is 0. The van der Waals surface area contributed by atoms with E-state index in [0.717, 1.165) is 6.61 Å². The second-order valence-electron chi connectivity index (χ2n) is 6.78. The van der Waals surface area contributed by atoms with Gasteiger partial charge in [0.05, 0.1) is 6.61 Å². The van der Waals surface area contributed by atoms with Gasteiger partial charge >= 0.3 is 6.09 Å². The number of nitrogens with one attached hydrogen (secondary N) is 1. The van der Waals surface area contributed by atoms with Crippen LogP contribution in [0.4, 0.5) is 4.79 Å². The van der Waals surface area contributed by atoms with Crippen molar-refractivity contribution in [1.82, 2.24) is 5.32 Å². The third-order valence-corrected chi connectivity index (χ3v) is 3.52. The Bertz CT molecular complexity index is 327. The third-order valence-electron chi connectivity index (χ3n) is 3.52. The van der Waals surface area contributed by atoms with E-state index < -0.39 is 11.7 Å². The Labute approximate surface area is 129 Å². The molecule has 0 aliphatic heterocycles. The Morgan fingerprint density at radius 1 is 1.29 bits per heavy atom. The average molecular weight is 297 g/mol. The maximum atomic E-state index is 11.8. The molecule has 0 bridgehead atoms. The maximum Gasteiger partial charge on any atom is 0.409 e. The van der Waals surface area contributed by atoms with E-state index in [0.29, 0.717) is 12.3 Å². The van der Waals surface area contributed by atoms with Gasteiger partial charge in [-0.3, -0.25) is 5.32 Å². The highest BCUT2D eigenvalue weighted by Crippen LogP contribution is 2.24. The van der Waals surface area contributed by atoms with Crippen molar-refractivity contribution in [2.24, 2.45) is 5.92 Å². The van der Waals surface area contributed by atoms with Crippen molar-refractivity contribution in [2.45, 2.75) is 78.0 Å². The zero-order chi connectivity index (χ0) is 15.7. The van der Waals surface area contributed by atoms with Gasteiger partial charge in [0.25, 0.3) is 0 Å². The zero-order valence-electron chi connectivity index (χ0n) is 14.0. The second-order valence-corrected chi connectivity index (χ2v) is 6.78. The van der Waals surface area contributed by atoms with Gasteiger partial charge < -0.3 is 9.47 Å². The minimum absolute atomic E-state index is 0.307. The summed E-state index contributed by atoms with van der Waals surface area (Å²) in [5, 5.41) is 2.81. The highest BCUT2D eigenvalue weighted by molar-refractivity contribution is 5.67. The molecule has 0 spiro atoms. The molecule has 0 aromatic heterocycles. The van der Waals surface area contributed by atoms with Crippen LogP contribution >= 0.6 is 0 Å². The Morgan fingerprint density at radius 3 is 2.52 bits per heavy atom. The first kappa shape index (κ1) is 18.0. The monoisotopic (exact) mass is 297 g/mol. The van der Waals surface area contributed by atoms with E-state index in [4.69, 9.17) is 9.47 Å². The summed E-state index contributed by atoms with van der Waals surface area (Å²) in [6.07, 6.45) is 10.3. The predicted molar refractivity (Wildman–Crippen MR) is 85.1 cm³/mol. The fraction of sp³-hybridized carbons (Fsp3) is 0.824. The van der Waals surface area contributed by atoms with Crippen LogP contribution in [0.25, 0.3) is 0 Å². The standard InChI is InChI=1S/C17H31NO3/c1-5-6-12-15(18-16(19)21-17(2,3)4)20-13-14-10-8-7-9-11-14/h5-6,14-15H,7-13H2,1-4H3,(H,18,19)/b6-5-. The molecule has 0 aromatic carbocycles. The van der Waals surface area contributed by atoms with Crippen LogP contribution in [0.1, 0.15) is 66.2 Å². The van der Waals surface area contributed by atoms with Gasteiger partial charge in [0.2, 0.25) is 0 Å². The minimum Gasteiger partial charge on any atom is -0.444 e. The molecule has 1 aliphatic rings. The number of hydrogen-bond donors (Lipinski definition) is 1. The van der Waals surface area contributed by atoms with Crippen molar-refractivity contribution in [2.75, 3.05) is 6.61 Å². The average Bonchev–Trinajstić information content (AvgIpc) is 2.41. The lowest BCUT2D eigenvalue weighted by Crippen LogP contribution is -2.41. The fourth-order valence-electron chi connectivity index (χ4n) is 2.47. The van der Waals surface area contributed by atoms with Gasteiger partial charge in [-0.1, -0.05) is 31.4 Å². The van der Waals surface area contributed by atoms with Crippen LogP contribution in [0.5, 0.6) is 0 Å². The number of hydrogen-bond acceptors (Lipinski definition) is 3. The number of allylic oxidation sites excluding steroid dienone is 1. The first-order valence-corrected chi connectivity index (χ1v) is 8.13. The second kappa shape index (κ2) is 9.08. The van der Waals surface area contributed by atoms with E-state index in [-0.39, 0.29) is 6.23 Å². The molecule has 0 heterocycles. The molecule has 1 saturated carbocycles. The molecule has 1 atom stereocenters. The zero-order valence-corrected chi connectivity index (χ0v) is 14.0. The van der Waals surface area contributed by atoms with Gasteiger partial charge in [-0.25, -0.2) is 4.79 Å². The molecular formula is C17H31NO3. The summed E-state index contributed by atoms with van der Waals surface area (Å²) in [7, 11) is 0. The van der Waals surface area contributed by atoms with Crippen LogP contribution in [-0.4, -0.2) is 24.5 Å². The van der Waals surface area contributed by atoms with Crippen LogP contribution in [0.15, 0.2) is 12.2 Å². The van der Waals surface area contributed by atoms with Crippen LogP contribution in [0.2, 0.25) is 0 Å². The van der Waals surface area contributed by atoms with Gasteiger partial charge in [0.15, 0.2) is 0 Å². The van der Waals surface area contributed by atoms with Gasteiger partial charge in [0.1, 0.15) is 11.8 Å². The first-order chi connectivity index (χ1) is 9.90. The van der Waals surface area contributed by atoms with Crippen molar-refractivity contribution < 1.29 is 14.3 Å². The largest absolute Gasteiger partial charge is 0.444 e. The fourth-order valence-corrected chi connectivity index (χ4v) is 2.47. The summed E-state index contributed by atoms with van der Waals surface area (Å²) in [5.41, 5.74) is -0.488. The van der Waals surface area contributed by atoms with Crippen molar-refractivity contribution in [3.8, 4) is 0 Å².